The van der Waals surface area contributed by atoms with Crippen LogP contribution in [0.4, 0.5) is 0 Å². The molecule has 0 saturated heterocycles. The lowest BCUT2D eigenvalue weighted by Crippen LogP contribution is -2.26. The molecule has 1 aliphatic carbocycles. The zero-order valence-electron chi connectivity index (χ0n) is 12.4. The molecule has 0 radical (unpaired) electrons. The number of aryl methyl sites for hydroxylation is 2. The molecule has 0 amide bonds. The first-order valence-corrected chi connectivity index (χ1v) is 7.83. The predicted octanol–water partition coefficient (Wildman–Crippen LogP) is 3.34. The topological polar surface area (TPSA) is 29.9 Å². The van der Waals surface area contributed by atoms with Gasteiger partial charge in [-0.05, 0) is 51.6 Å². The van der Waals surface area contributed by atoms with Crippen LogP contribution in [-0.2, 0) is 13.5 Å². The van der Waals surface area contributed by atoms with E-state index in [0.29, 0.717) is 0 Å². The lowest BCUT2D eigenvalue weighted by Gasteiger charge is -2.25. The van der Waals surface area contributed by atoms with E-state index in [1.54, 1.807) is 4.68 Å². The monoisotopic (exact) mass is 283 g/mol. The minimum Gasteiger partial charge on any atom is -0.319 e. The molecular weight excluding hydrogens is 258 g/mol. The van der Waals surface area contributed by atoms with Gasteiger partial charge >= 0.3 is 0 Å². The van der Waals surface area contributed by atoms with E-state index in [1.807, 2.05) is 7.05 Å². The Labute approximate surface area is 121 Å². The standard InChI is InChI=1S/C15H26ClN3/c1-11-14(15(16)19(3)18-11)9-12-7-5-4-6-8-13(12)10-17-2/h12-13,17H,4-10H2,1-3H3. The fourth-order valence-electron chi connectivity index (χ4n) is 3.43. The van der Waals surface area contributed by atoms with E-state index in [2.05, 4.69) is 24.4 Å². The molecule has 4 heteroatoms. The largest absolute Gasteiger partial charge is 0.319 e. The lowest BCUT2D eigenvalue weighted by molar-refractivity contribution is 0.303. The Morgan fingerprint density at radius 1 is 1.26 bits per heavy atom. The molecule has 0 aliphatic heterocycles. The minimum atomic E-state index is 0.746. The third-order valence-corrected chi connectivity index (χ3v) is 4.99. The molecule has 19 heavy (non-hydrogen) atoms. The van der Waals surface area contributed by atoms with Crippen molar-refractivity contribution in [2.24, 2.45) is 18.9 Å². The van der Waals surface area contributed by atoms with E-state index >= 15 is 0 Å². The van der Waals surface area contributed by atoms with Crippen molar-refractivity contribution in [2.45, 2.75) is 45.4 Å². The summed E-state index contributed by atoms with van der Waals surface area (Å²) in [5.41, 5.74) is 2.36. The summed E-state index contributed by atoms with van der Waals surface area (Å²) in [6.07, 6.45) is 7.89. The smallest absolute Gasteiger partial charge is 0.130 e. The number of rotatable bonds is 4. The predicted molar refractivity (Wildman–Crippen MR) is 80.7 cm³/mol. The summed E-state index contributed by atoms with van der Waals surface area (Å²) in [7, 11) is 3.99. The van der Waals surface area contributed by atoms with Gasteiger partial charge in [-0.3, -0.25) is 4.68 Å². The number of halogens is 1. The van der Waals surface area contributed by atoms with Crippen LogP contribution in [-0.4, -0.2) is 23.4 Å². The highest BCUT2D eigenvalue weighted by atomic mass is 35.5. The molecule has 1 aromatic heterocycles. The van der Waals surface area contributed by atoms with Crippen LogP contribution < -0.4 is 5.32 Å². The van der Waals surface area contributed by atoms with Crippen LogP contribution in [0.15, 0.2) is 0 Å². The Kier molecular flexibility index (Phi) is 5.28. The van der Waals surface area contributed by atoms with Crippen LogP contribution in [0, 0.1) is 18.8 Å². The molecule has 108 valence electrons. The number of nitrogens with zero attached hydrogens (tertiary/aromatic N) is 2. The van der Waals surface area contributed by atoms with Crippen molar-refractivity contribution in [1.82, 2.24) is 15.1 Å². The molecular formula is C15H26ClN3. The Morgan fingerprint density at radius 3 is 2.53 bits per heavy atom. The van der Waals surface area contributed by atoms with E-state index in [0.717, 1.165) is 35.6 Å². The molecule has 2 rings (SSSR count). The van der Waals surface area contributed by atoms with Crippen LogP contribution in [0.25, 0.3) is 0 Å². The third-order valence-electron chi connectivity index (χ3n) is 4.52. The van der Waals surface area contributed by atoms with Crippen LogP contribution >= 0.6 is 11.6 Å². The van der Waals surface area contributed by atoms with Crippen LogP contribution in [0.1, 0.15) is 43.4 Å². The second-order valence-corrected chi connectivity index (χ2v) is 6.26. The SMILES string of the molecule is CNCC1CCCCCC1Cc1c(C)nn(C)c1Cl. The molecule has 0 aromatic carbocycles. The van der Waals surface area contributed by atoms with Crippen molar-refractivity contribution in [3.63, 3.8) is 0 Å². The molecule has 1 saturated carbocycles. The van der Waals surface area contributed by atoms with Crippen molar-refractivity contribution in [3.8, 4) is 0 Å². The summed E-state index contributed by atoms with van der Waals surface area (Å²) in [5.74, 6) is 1.53. The first kappa shape index (κ1) is 14.9. The van der Waals surface area contributed by atoms with Gasteiger partial charge in [0, 0.05) is 12.6 Å². The molecule has 2 unspecified atom stereocenters. The van der Waals surface area contributed by atoms with E-state index in [9.17, 15) is 0 Å². The first-order valence-electron chi connectivity index (χ1n) is 7.46. The first-order chi connectivity index (χ1) is 9.13. The zero-order chi connectivity index (χ0) is 13.8. The number of hydrogen-bond acceptors (Lipinski definition) is 2. The van der Waals surface area contributed by atoms with Gasteiger partial charge in [-0.1, -0.05) is 30.9 Å². The summed E-state index contributed by atoms with van der Waals surface area (Å²) in [6, 6.07) is 0. The average Bonchev–Trinajstić information content (AvgIpc) is 2.58. The lowest BCUT2D eigenvalue weighted by atomic mass is 9.83. The van der Waals surface area contributed by atoms with Gasteiger partial charge in [0.05, 0.1) is 5.69 Å². The van der Waals surface area contributed by atoms with E-state index in [1.165, 1.54) is 37.7 Å². The molecule has 1 aliphatic rings. The fraction of sp³-hybridized carbons (Fsp3) is 0.800. The highest BCUT2D eigenvalue weighted by Gasteiger charge is 2.25. The molecule has 0 spiro atoms. The van der Waals surface area contributed by atoms with Gasteiger partial charge in [0.15, 0.2) is 0 Å². The van der Waals surface area contributed by atoms with Gasteiger partial charge in [-0.15, -0.1) is 0 Å². The Bertz CT molecular complexity index is 414. The van der Waals surface area contributed by atoms with Crippen LogP contribution in [0.5, 0.6) is 0 Å². The molecule has 2 atom stereocenters. The highest BCUT2D eigenvalue weighted by Crippen LogP contribution is 2.33. The third kappa shape index (κ3) is 3.51. The van der Waals surface area contributed by atoms with E-state index in [-0.39, 0.29) is 0 Å². The van der Waals surface area contributed by atoms with Crippen molar-refractivity contribution < 1.29 is 0 Å². The van der Waals surface area contributed by atoms with E-state index in [4.69, 9.17) is 11.6 Å². The second kappa shape index (κ2) is 6.76. The zero-order valence-corrected chi connectivity index (χ0v) is 13.1. The number of hydrogen-bond donors (Lipinski definition) is 1. The average molecular weight is 284 g/mol. The highest BCUT2D eigenvalue weighted by molar-refractivity contribution is 6.30. The maximum Gasteiger partial charge on any atom is 0.130 e. The fourth-order valence-corrected chi connectivity index (χ4v) is 3.68. The molecule has 1 fully saturated rings. The number of aromatic nitrogens is 2. The van der Waals surface area contributed by atoms with Crippen molar-refractivity contribution in [2.75, 3.05) is 13.6 Å². The van der Waals surface area contributed by atoms with Gasteiger partial charge < -0.3 is 5.32 Å². The van der Waals surface area contributed by atoms with Crippen molar-refractivity contribution >= 4 is 11.6 Å². The van der Waals surface area contributed by atoms with Crippen LogP contribution in [0.3, 0.4) is 0 Å². The summed E-state index contributed by atoms with van der Waals surface area (Å²) >= 11 is 6.38. The van der Waals surface area contributed by atoms with Crippen molar-refractivity contribution in [3.05, 3.63) is 16.4 Å². The van der Waals surface area contributed by atoms with E-state index < -0.39 is 0 Å². The minimum absolute atomic E-state index is 0.746. The summed E-state index contributed by atoms with van der Waals surface area (Å²) in [6.45, 7) is 3.20. The molecule has 1 heterocycles. The van der Waals surface area contributed by atoms with Gasteiger partial charge in [-0.25, -0.2) is 0 Å². The normalized spacial score (nSPS) is 24.4. The van der Waals surface area contributed by atoms with Crippen molar-refractivity contribution in [1.29, 1.82) is 0 Å². The van der Waals surface area contributed by atoms with Gasteiger partial charge in [-0.2, -0.15) is 5.10 Å². The Hall–Kier alpha value is -0.540. The van der Waals surface area contributed by atoms with Gasteiger partial charge in [0.1, 0.15) is 5.15 Å². The molecule has 0 bridgehead atoms. The quantitative estimate of drug-likeness (QED) is 0.859. The summed E-state index contributed by atoms with van der Waals surface area (Å²) in [5, 5.41) is 8.63. The Morgan fingerprint density at radius 2 is 1.95 bits per heavy atom. The van der Waals surface area contributed by atoms with Crippen LogP contribution in [0.2, 0.25) is 5.15 Å². The van der Waals surface area contributed by atoms with Gasteiger partial charge in [0.2, 0.25) is 0 Å². The maximum absolute atomic E-state index is 6.38. The number of nitrogens with one attached hydrogen (secondary N) is 1. The second-order valence-electron chi connectivity index (χ2n) is 5.90. The van der Waals surface area contributed by atoms with Gasteiger partial charge in [0.25, 0.3) is 0 Å². The molecule has 1 aromatic rings. The summed E-state index contributed by atoms with van der Waals surface area (Å²) < 4.78 is 1.80. The summed E-state index contributed by atoms with van der Waals surface area (Å²) in [4.78, 5) is 0. The molecule has 1 N–H and O–H groups in total. The maximum atomic E-state index is 6.38. The Balaban J connectivity index is 2.13. The molecule has 3 nitrogen and oxygen atoms in total.